The smallest absolute Gasteiger partial charge is 0.303 e. The molecular formula is C10H10BrClO2. The number of carboxylic acids is 1. The van der Waals surface area contributed by atoms with E-state index < -0.39 is 5.97 Å². The van der Waals surface area contributed by atoms with Crippen molar-refractivity contribution in [1.29, 1.82) is 0 Å². The van der Waals surface area contributed by atoms with E-state index in [-0.39, 0.29) is 11.8 Å². The molecule has 0 bridgehead atoms. The van der Waals surface area contributed by atoms with Crippen LogP contribution in [0.25, 0.3) is 0 Å². The molecule has 2 nitrogen and oxygen atoms in total. The Kier molecular flexibility index (Phi) is 4.42. The molecule has 0 heterocycles. The van der Waals surface area contributed by atoms with Gasteiger partial charge in [0, 0.05) is 10.9 Å². The fraction of sp³-hybridized carbons (Fsp3) is 0.300. The minimum Gasteiger partial charge on any atom is -0.481 e. The first-order valence-electron chi connectivity index (χ1n) is 4.21. The molecule has 1 unspecified atom stereocenters. The minimum absolute atomic E-state index is 0.0979. The second-order valence-electron chi connectivity index (χ2n) is 2.95. The third-order valence-corrected chi connectivity index (χ3v) is 2.79. The number of benzene rings is 1. The van der Waals surface area contributed by atoms with E-state index in [2.05, 4.69) is 15.9 Å². The Hall–Kier alpha value is -0.540. The van der Waals surface area contributed by atoms with Crippen molar-refractivity contribution in [2.45, 2.75) is 18.2 Å². The molecule has 1 aromatic rings. The van der Waals surface area contributed by atoms with Gasteiger partial charge >= 0.3 is 5.97 Å². The normalized spacial score (nSPS) is 12.4. The van der Waals surface area contributed by atoms with Crippen molar-refractivity contribution in [3.8, 4) is 0 Å². The molecule has 0 radical (unpaired) electrons. The van der Waals surface area contributed by atoms with E-state index in [0.717, 1.165) is 10.0 Å². The van der Waals surface area contributed by atoms with E-state index in [1.165, 1.54) is 0 Å². The third kappa shape index (κ3) is 3.68. The van der Waals surface area contributed by atoms with Gasteiger partial charge in [0.25, 0.3) is 0 Å². The molecule has 0 saturated heterocycles. The van der Waals surface area contributed by atoms with E-state index >= 15 is 0 Å². The third-order valence-electron chi connectivity index (χ3n) is 1.82. The number of rotatable bonds is 4. The van der Waals surface area contributed by atoms with Crippen LogP contribution in [0.5, 0.6) is 0 Å². The lowest BCUT2D eigenvalue weighted by atomic mass is 10.1. The SMILES string of the molecule is O=C(O)CCC(Cl)c1cccc(Br)c1. The van der Waals surface area contributed by atoms with Gasteiger partial charge in [-0.15, -0.1) is 11.6 Å². The summed E-state index contributed by atoms with van der Waals surface area (Å²) in [7, 11) is 0. The monoisotopic (exact) mass is 276 g/mol. The summed E-state index contributed by atoms with van der Waals surface area (Å²) in [4.78, 5) is 10.3. The molecule has 1 rings (SSSR count). The molecule has 14 heavy (non-hydrogen) atoms. The molecule has 0 aliphatic carbocycles. The maximum atomic E-state index is 10.3. The van der Waals surface area contributed by atoms with Gasteiger partial charge in [0.2, 0.25) is 0 Å². The van der Waals surface area contributed by atoms with Crippen LogP contribution in [0.1, 0.15) is 23.8 Å². The fourth-order valence-electron chi connectivity index (χ4n) is 1.12. The molecule has 0 aliphatic rings. The number of aliphatic carboxylic acids is 1. The number of hydrogen-bond donors (Lipinski definition) is 1. The van der Waals surface area contributed by atoms with Gasteiger partial charge in [-0.3, -0.25) is 4.79 Å². The highest BCUT2D eigenvalue weighted by Crippen LogP contribution is 2.27. The zero-order valence-corrected chi connectivity index (χ0v) is 9.75. The molecule has 76 valence electrons. The maximum Gasteiger partial charge on any atom is 0.303 e. The molecule has 0 aliphatic heterocycles. The van der Waals surface area contributed by atoms with Gasteiger partial charge in [-0.25, -0.2) is 0 Å². The Morgan fingerprint density at radius 2 is 2.29 bits per heavy atom. The van der Waals surface area contributed by atoms with Gasteiger partial charge in [0.1, 0.15) is 0 Å². The molecule has 1 atom stereocenters. The molecule has 0 amide bonds. The molecule has 0 spiro atoms. The second-order valence-corrected chi connectivity index (χ2v) is 4.40. The van der Waals surface area contributed by atoms with Crippen LogP contribution in [0, 0.1) is 0 Å². The van der Waals surface area contributed by atoms with Crippen LogP contribution in [0.15, 0.2) is 28.7 Å². The van der Waals surface area contributed by atoms with E-state index in [1.54, 1.807) is 0 Å². The largest absolute Gasteiger partial charge is 0.481 e. The van der Waals surface area contributed by atoms with Crippen molar-refractivity contribution >= 4 is 33.5 Å². The number of halogens is 2. The Labute approximate surface area is 96.0 Å². The Morgan fingerprint density at radius 1 is 1.57 bits per heavy atom. The summed E-state index contributed by atoms with van der Waals surface area (Å²) in [5.41, 5.74) is 0.947. The lowest BCUT2D eigenvalue weighted by Crippen LogP contribution is -1.98. The van der Waals surface area contributed by atoms with Gasteiger partial charge in [0.15, 0.2) is 0 Å². The topological polar surface area (TPSA) is 37.3 Å². The summed E-state index contributed by atoms with van der Waals surface area (Å²) in [5, 5.41) is 8.26. The average molecular weight is 278 g/mol. The van der Waals surface area contributed by atoms with Crippen molar-refractivity contribution in [3.05, 3.63) is 34.3 Å². The Morgan fingerprint density at radius 3 is 2.86 bits per heavy atom. The molecule has 0 fully saturated rings. The minimum atomic E-state index is -0.814. The molecule has 1 aromatic carbocycles. The first kappa shape index (κ1) is 11.5. The fourth-order valence-corrected chi connectivity index (χ4v) is 1.78. The zero-order valence-electron chi connectivity index (χ0n) is 7.41. The Bertz CT molecular complexity index is 328. The average Bonchev–Trinajstić information content (AvgIpc) is 2.14. The summed E-state index contributed by atoms with van der Waals surface area (Å²) >= 11 is 9.37. The molecular weight excluding hydrogens is 267 g/mol. The highest BCUT2D eigenvalue weighted by molar-refractivity contribution is 9.10. The van der Waals surface area contributed by atoms with Crippen LogP contribution in [-0.2, 0) is 4.79 Å². The summed E-state index contributed by atoms with van der Waals surface area (Å²) in [5.74, 6) is -0.814. The van der Waals surface area contributed by atoms with E-state index in [0.29, 0.717) is 6.42 Å². The highest BCUT2D eigenvalue weighted by atomic mass is 79.9. The van der Waals surface area contributed by atoms with E-state index in [9.17, 15) is 4.79 Å². The van der Waals surface area contributed by atoms with Crippen molar-refractivity contribution in [3.63, 3.8) is 0 Å². The first-order chi connectivity index (χ1) is 6.59. The predicted molar refractivity (Wildman–Crippen MR) is 59.6 cm³/mol. The van der Waals surface area contributed by atoms with Crippen molar-refractivity contribution in [2.24, 2.45) is 0 Å². The van der Waals surface area contributed by atoms with Crippen molar-refractivity contribution in [2.75, 3.05) is 0 Å². The number of carboxylic acid groups (broad SMARTS) is 1. The second kappa shape index (κ2) is 5.37. The molecule has 0 aromatic heterocycles. The lowest BCUT2D eigenvalue weighted by Gasteiger charge is -2.08. The standard InChI is InChI=1S/C10H10BrClO2/c11-8-3-1-2-7(6-8)9(12)4-5-10(13)14/h1-3,6,9H,4-5H2,(H,13,14). The lowest BCUT2D eigenvalue weighted by molar-refractivity contribution is -0.137. The number of hydrogen-bond acceptors (Lipinski definition) is 1. The quantitative estimate of drug-likeness (QED) is 0.854. The van der Waals surface area contributed by atoms with Crippen molar-refractivity contribution < 1.29 is 9.90 Å². The Balaban J connectivity index is 2.60. The first-order valence-corrected chi connectivity index (χ1v) is 5.44. The summed E-state index contributed by atoms with van der Waals surface area (Å²) in [6, 6.07) is 7.59. The van der Waals surface area contributed by atoms with Crippen LogP contribution < -0.4 is 0 Å². The van der Waals surface area contributed by atoms with Gasteiger partial charge in [0.05, 0.1) is 5.38 Å². The zero-order chi connectivity index (χ0) is 10.6. The number of carbonyl (C=O) groups is 1. The molecule has 1 N–H and O–H groups in total. The van der Waals surface area contributed by atoms with Crippen LogP contribution in [0.2, 0.25) is 0 Å². The van der Waals surface area contributed by atoms with Crippen LogP contribution in [0.4, 0.5) is 0 Å². The van der Waals surface area contributed by atoms with Gasteiger partial charge in [-0.1, -0.05) is 28.1 Å². The van der Waals surface area contributed by atoms with Crippen LogP contribution in [-0.4, -0.2) is 11.1 Å². The van der Waals surface area contributed by atoms with Gasteiger partial charge in [-0.2, -0.15) is 0 Å². The summed E-state index contributed by atoms with van der Waals surface area (Å²) in [6.07, 6.45) is 0.550. The van der Waals surface area contributed by atoms with E-state index in [1.807, 2.05) is 24.3 Å². The molecule has 4 heteroatoms. The summed E-state index contributed by atoms with van der Waals surface area (Å²) in [6.45, 7) is 0. The summed E-state index contributed by atoms with van der Waals surface area (Å²) < 4.78 is 0.955. The van der Waals surface area contributed by atoms with Gasteiger partial charge in [-0.05, 0) is 24.1 Å². The van der Waals surface area contributed by atoms with Crippen molar-refractivity contribution in [1.82, 2.24) is 0 Å². The number of alkyl halides is 1. The highest BCUT2D eigenvalue weighted by Gasteiger charge is 2.09. The van der Waals surface area contributed by atoms with Gasteiger partial charge < -0.3 is 5.11 Å². The maximum absolute atomic E-state index is 10.3. The van der Waals surface area contributed by atoms with Crippen LogP contribution in [0.3, 0.4) is 0 Å². The van der Waals surface area contributed by atoms with Crippen LogP contribution >= 0.6 is 27.5 Å². The molecule has 0 saturated carbocycles. The van der Waals surface area contributed by atoms with E-state index in [4.69, 9.17) is 16.7 Å². The predicted octanol–water partition coefficient (Wildman–Crippen LogP) is 3.59.